The summed E-state index contributed by atoms with van der Waals surface area (Å²) in [5, 5.41) is 26.6. The van der Waals surface area contributed by atoms with Crippen molar-refractivity contribution in [3.63, 3.8) is 0 Å². The number of unbranched alkanes of at least 4 members (excludes halogenated alkanes) is 1. The summed E-state index contributed by atoms with van der Waals surface area (Å²) in [6.07, 6.45) is 0.867. The molecular formula is C38H62N12O10S3. The zero-order valence-electron chi connectivity index (χ0n) is 35.0. The van der Waals surface area contributed by atoms with Crippen molar-refractivity contribution in [2.24, 2.45) is 27.9 Å². The van der Waals surface area contributed by atoms with Gasteiger partial charge in [-0.15, -0.1) is 0 Å². The Labute approximate surface area is 382 Å². The van der Waals surface area contributed by atoms with Gasteiger partial charge in [-0.3, -0.25) is 48.1 Å². The number of carboxylic acid groups (broad SMARTS) is 1. The summed E-state index contributed by atoms with van der Waals surface area (Å²) in [6, 6.07) is -0.163. The highest BCUT2D eigenvalue weighted by molar-refractivity contribution is 7.80. The van der Waals surface area contributed by atoms with Crippen LogP contribution in [0.5, 0.6) is 0 Å². The largest absolute Gasteiger partial charge is 0.481 e. The van der Waals surface area contributed by atoms with E-state index in [0.717, 1.165) is 0 Å². The van der Waals surface area contributed by atoms with E-state index in [1.54, 1.807) is 37.3 Å². The van der Waals surface area contributed by atoms with Crippen LogP contribution < -0.4 is 60.2 Å². The molecule has 1 rings (SSSR count). The van der Waals surface area contributed by atoms with Crippen LogP contribution in [0, 0.1) is 0 Å². The van der Waals surface area contributed by atoms with Crippen LogP contribution in [0.15, 0.2) is 35.3 Å². The number of Topliss-reactive ketones (excluding diaryl/α,β-unsaturated/α-hetero) is 1. The molecule has 22 nitrogen and oxygen atoms in total. The predicted molar refractivity (Wildman–Crippen MR) is 245 cm³/mol. The molecule has 7 amide bonds. The number of rotatable bonds is 31. The van der Waals surface area contributed by atoms with Gasteiger partial charge in [0.2, 0.25) is 41.4 Å². The van der Waals surface area contributed by atoms with Gasteiger partial charge in [-0.25, -0.2) is 0 Å². The predicted octanol–water partition coefficient (Wildman–Crippen LogP) is -3.99. The molecular weight excluding hydrogens is 881 g/mol. The number of ketones is 1. The molecule has 0 saturated carbocycles. The van der Waals surface area contributed by atoms with Crippen LogP contribution in [-0.2, 0) is 49.6 Å². The Hall–Kier alpha value is -5.11. The zero-order chi connectivity index (χ0) is 47.5. The van der Waals surface area contributed by atoms with E-state index in [2.05, 4.69) is 80.1 Å². The minimum absolute atomic E-state index is 0.00238. The Morgan fingerprint density at radius 3 is 1.71 bits per heavy atom. The Morgan fingerprint density at radius 2 is 1.17 bits per heavy atom. The van der Waals surface area contributed by atoms with Gasteiger partial charge in [0, 0.05) is 36.6 Å². The minimum atomic E-state index is -1.77. The lowest BCUT2D eigenvalue weighted by Crippen LogP contribution is -2.59. The lowest BCUT2D eigenvalue weighted by molar-refractivity contribution is -0.141. The zero-order valence-corrected chi connectivity index (χ0v) is 37.7. The number of guanidine groups is 1. The first kappa shape index (κ1) is 55.9. The standard InChI is InChI=1S/C38H62N12O10S3/c1-2-29(51)26(18-61)48-34(57)24(15-21-9-4-3-5-10-21)47-37(60)28(20-63)50-35(58)25(16-31(53)54)45-30(52)17-44-33(56)23(12-8-14-43-38(41)42)46-36(59)27(19-62)49-32(55)22(40)11-6-7-13-39/h3-5,9-10,22-28,61-63H,2,6-8,11-20,39-40H2,1H3,(H,44,56)(H,45,52)(H,46,59)(H,47,60)(H,48,57)(H,49,55)(H,50,58)(H,53,54)(H4,41,42,43). The number of carboxylic acids is 1. The van der Waals surface area contributed by atoms with Gasteiger partial charge in [0.25, 0.3) is 0 Å². The quantitative estimate of drug-likeness (QED) is 0.0146. The number of nitrogens with two attached hydrogens (primary N) is 4. The van der Waals surface area contributed by atoms with Gasteiger partial charge in [0.05, 0.1) is 25.0 Å². The fraction of sp³-hybridized carbons (Fsp3) is 0.579. The number of thiol groups is 3. The third-order valence-electron chi connectivity index (χ3n) is 9.12. The Kier molecular flexibility index (Phi) is 27.4. The molecule has 0 bridgehead atoms. The summed E-state index contributed by atoms with van der Waals surface area (Å²) in [7, 11) is 0. The SMILES string of the molecule is CCC(=O)C(CS)NC(=O)C(Cc1ccccc1)NC(=O)C(CS)NC(=O)C(CC(=O)O)NC(=O)CNC(=O)C(CCCN=C(N)N)NC(=O)C(CS)NC(=O)C(N)CCCCN. The van der Waals surface area contributed by atoms with Crippen molar-refractivity contribution in [2.75, 3.05) is 36.9 Å². The van der Waals surface area contributed by atoms with Crippen molar-refractivity contribution in [1.82, 2.24) is 37.2 Å². The van der Waals surface area contributed by atoms with Crippen LogP contribution in [0.2, 0.25) is 0 Å². The summed E-state index contributed by atoms with van der Waals surface area (Å²) in [5.41, 5.74) is 22.8. The van der Waals surface area contributed by atoms with Gasteiger partial charge in [-0.2, -0.15) is 37.9 Å². The highest BCUT2D eigenvalue weighted by Crippen LogP contribution is 2.07. The maximum Gasteiger partial charge on any atom is 0.305 e. The lowest BCUT2D eigenvalue weighted by atomic mass is 10.0. The van der Waals surface area contributed by atoms with Crippen LogP contribution >= 0.6 is 37.9 Å². The summed E-state index contributed by atoms with van der Waals surface area (Å²) < 4.78 is 0. The van der Waals surface area contributed by atoms with Crippen LogP contribution in [0.25, 0.3) is 0 Å². The first-order chi connectivity index (χ1) is 29.9. The summed E-state index contributed by atoms with van der Waals surface area (Å²) >= 11 is 12.5. The van der Waals surface area contributed by atoms with Crippen molar-refractivity contribution in [3.8, 4) is 0 Å². The molecule has 0 aliphatic carbocycles. The summed E-state index contributed by atoms with van der Waals surface area (Å²) in [4.78, 5) is 120. The fourth-order valence-corrected chi connectivity index (χ4v) is 6.43. The van der Waals surface area contributed by atoms with Gasteiger partial charge >= 0.3 is 5.97 Å². The Balaban J connectivity index is 3.11. The molecule has 0 aliphatic rings. The van der Waals surface area contributed by atoms with Crippen molar-refractivity contribution in [1.29, 1.82) is 0 Å². The number of nitrogens with one attached hydrogen (secondary N) is 7. The second-order valence-corrected chi connectivity index (χ2v) is 15.2. The monoisotopic (exact) mass is 942 g/mol. The first-order valence-electron chi connectivity index (χ1n) is 20.1. The van der Waals surface area contributed by atoms with Gasteiger partial charge in [0.15, 0.2) is 11.7 Å². The normalized spacial score (nSPS) is 14.1. The molecule has 1 aromatic rings. The van der Waals surface area contributed by atoms with E-state index in [1.807, 2.05) is 0 Å². The van der Waals surface area contributed by atoms with E-state index >= 15 is 0 Å². The molecule has 1 aromatic carbocycles. The van der Waals surface area contributed by atoms with Crippen LogP contribution in [0.3, 0.4) is 0 Å². The molecule has 352 valence electrons. The van der Waals surface area contributed by atoms with E-state index in [1.165, 1.54) is 0 Å². The Morgan fingerprint density at radius 1 is 0.651 bits per heavy atom. The average Bonchev–Trinajstić information content (AvgIpc) is 3.25. The molecule has 25 heteroatoms. The second-order valence-electron chi connectivity index (χ2n) is 14.1. The summed E-state index contributed by atoms with van der Waals surface area (Å²) in [5.74, 6) is -8.48. The number of nitrogens with zero attached hydrogens (tertiary/aromatic N) is 1. The topological polar surface area (TPSA) is 375 Å². The maximum atomic E-state index is 13.5. The van der Waals surface area contributed by atoms with E-state index < -0.39 is 103 Å². The molecule has 0 aliphatic heterocycles. The van der Waals surface area contributed by atoms with Crippen LogP contribution in [0.4, 0.5) is 0 Å². The highest BCUT2D eigenvalue weighted by atomic mass is 32.1. The number of amides is 7. The average molecular weight is 943 g/mol. The van der Waals surface area contributed by atoms with Crippen LogP contribution in [-0.4, -0.2) is 143 Å². The molecule has 0 spiro atoms. The fourth-order valence-electron chi connectivity index (χ4n) is 5.62. The van der Waals surface area contributed by atoms with E-state index in [0.29, 0.717) is 31.4 Å². The maximum absolute atomic E-state index is 13.5. The van der Waals surface area contributed by atoms with E-state index in [9.17, 15) is 48.3 Å². The molecule has 63 heavy (non-hydrogen) atoms. The highest BCUT2D eigenvalue weighted by Gasteiger charge is 2.32. The lowest BCUT2D eigenvalue weighted by Gasteiger charge is -2.25. The number of hydrogen-bond donors (Lipinski definition) is 15. The van der Waals surface area contributed by atoms with Gasteiger partial charge < -0.3 is 65.3 Å². The third-order valence-corrected chi connectivity index (χ3v) is 10.2. The smallest absolute Gasteiger partial charge is 0.305 e. The number of aliphatic carboxylic acids is 1. The minimum Gasteiger partial charge on any atom is -0.481 e. The first-order valence-corrected chi connectivity index (χ1v) is 22.0. The molecule has 0 heterocycles. The second kappa shape index (κ2) is 30.9. The van der Waals surface area contributed by atoms with Crippen LogP contribution in [0.1, 0.15) is 57.4 Å². The Bertz CT molecular complexity index is 1730. The number of carbonyl (C=O) groups is 9. The van der Waals surface area contributed by atoms with Gasteiger partial charge in [0.1, 0.15) is 30.2 Å². The van der Waals surface area contributed by atoms with Crippen molar-refractivity contribution >= 4 is 96.9 Å². The number of hydrogen-bond acceptors (Lipinski definition) is 15. The molecule has 7 atom stereocenters. The number of aliphatic imine (C=N–C) groups is 1. The summed E-state index contributed by atoms with van der Waals surface area (Å²) in [6.45, 7) is 1.32. The molecule has 0 radical (unpaired) electrons. The van der Waals surface area contributed by atoms with Gasteiger partial charge in [-0.05, 0) is 37.8 Å². The van der Waals surface area contributed by atoms with Crippen molar-refractivity contribution < 1.29 is 48.3 Å². The molecule has 16 N–H and O–H groups in total. The molecule has 0 fully saturated rings. The molecule has 0 saturated heterocycles. The molecule has 7 unspecified atom stereocenters. The van der Waals surface area contributed by atoms with Crippen molar-refractivity contribution in [3.05, 3.63) is 35.9 Å². The van der Waals surface area contributed by atoms with Gasteiger partial charge in [-0.1, -0.05) is 43.7 Å². The third kappa shape index (κ3) is 22.2. The van der Waals surface area contributed by atoms with E-state index in [4.69, 9.17) is 22.9 Å². The number of carbonyl (C=O) groups excluding carboxylic acids is 8. The van der Waals surface area contributed by atoms with E-state index in [-0.39, 0.29) is 61.2 Å². The van der Waals surface area contributed by atoms with Crippen molar-refractivity contribution in [2.45, 2.75) is 101 Å². The molecule has 0 aromatic heterocycles. The number of benzene rings is 1.